The van der Waals surface area contributed by atoms with Crippen LogP contribution in [0.3, 0.4) is 0 Å². The van der Waals surface area contributed by atoms with E-state index in [4.69, 9.17) is 9.47 Å². The average molecular weight is 362 g/mol. The molecule has 3 aromatic rings. The van der Waals surface area contributed by atoms with Crippen LogP contribution in [0.5, 0.6) is 17.4 Å². The van der Waals surface area contributed by atoms with Gasteiger partial charge in [-0.05, 0) is 37.3 Å². The molecule has 1 heterocycles. The Bertz CT molecular complexity index is 926. The standard InChI is InChI=1S/C22H22N2O3/c1-16-13-14-20(22(23-16)27-19-10-5-4-6-11-19)24(17(2)25)15-18-9-7-8-12-21(18)26-3/h4-14H,15H2,1-3H3. The molecule has 0 radical (unpaired) electrons. The van der Waals surface area contributed by atoms with Gasteiger partial charge in [-0.3, -0.25) is 4.79 Å². The number of carbonyl (C=O) groups excluding carboxylic acids is 1. The molecule has 0 spiro atoms. The minimum Gasteiger partial charge on any atom is -0.496 e. The van der Waals surface area contributed by atoms with E-state index < -0.39 is 0 Å². The topological polar surface area (TPSA) is 51.7 Å². The lowest BCUT2D eigenvalue weighted by Crippen LogP contribution is -2.28. The molecule has 0 N–H and O–H groups in total. The smallest absolute Gasteiger partial charge is 0.243 e. The number of hydrogen-bond acceptors (Lipinski definition) is 4. The van der Waals surface area contributed by atoms with Gasteiger partial charge in [0, 0.05) is 18.2 Å². The van der Waals surface area contributed by atoms with Crippen molar-refractivity contribution in [3.8, 4) is 17.4 Å². The highest BCUT2D eigenvalue weighted by atomic mass is 16.5. The van der Waals surface area contributed by atoms with Crippen molar-refractivity contribution in [2.45, 2.75) is 20.4 Å². The van der Waals surface area contributed by atoms with E-state index in [2.05, 4.69) is 4.98 Å². The molecule has 1 aromatic heterocycles. The second-order valence-corrected chi connectivity index (χ2v) is 6.11. The lowest BCUT2D eigenvalue weighted by molar-refractivity contribution is -0.116. The Balaban J connectivity index is 1.99. The molecular formula is C22H22N2O3. The SMILES string of the molecule is COc1ccccc1CN(C(C)=O)c1ccc(C)nc1Oc1ccccc1. The highest BCUT2D eigenvalue weighted by molar-refractivity contribution is 5.92. The van der Waals surface area contributed by atoms with Gasteiger partial charge in [-0.1, -0.05) is 36.4 Å². The number of methoxy groups -OCH3 is 1. The third kappa shape index (κ3) is 4.44. The molecule has 0 aliphatic carbocycles. The third-order valence-electron chi connectivity index (χ3n) is 4.13. The van der Waals surface area contributed by atoms with Gasteiger partial charge < -0.3 is 14.4 Å². The summed E-state index contributed by atoms with van der Waals surface area (Å²) in [4.78, 5) is 18.6. The van der Waals surface area contributed by atoms with Crippen LogP contribution in [0.2, 0.25) is 0 Å². The summed E-state index contributed by atoms with van der Waals surface area (Å²) in [6, 6.07) is 20.8. The van der Waals surface area contributed by atoms with Crippen molar-refractivity contribution < 1.29 is 14.3 Å². The third-order valence-corrected chi connectivity index (χ3v) is 4.13. The number of rotatable bonds is 6. The van der Waals surface area contributed by atoms with E-state index in [0.717, 1.165) is 17.0 Å². The molecule has 1 amide bonds. The molecule has 0 atom stereocenters. The highest BCUT2D eigenvalue weighted by Crippen LogP contribution is 2.33. The van der Waals surface area contributed by atoms with E-state index in [0.29, 0.717) is 23.9 Å². The monoisotopic (exact) mass is 362 g/mol. The summed E-state index contributed by atoms with van der Waals surface area (Å²) in [5.41, 5.74) is 2.33. The molecule has 0 saturated heterocycles. The first-order chi connectivity index (χ1) is 13.1. The summed E-state index contributed by atoms with van der Waals surface area (Å²) in [5.74, 6) is 1.68. The molecule has 5 heteroatoms. The van der Waals surface area contributed by atoms with Gasteiger partial charge in [-0.2, -0.15) is 0 Å². The van der Waals surface area contributed by atoms with Crippen LogP contribution < -0.4 is 14.4 Å². The Morgan fingerprint density at radius 1 is 1.00 bits per heavy atom. The van der Waals surface area contributed by atoms with Gasteiger partial charge >= 0.3 is 0 Å². The van der Waals surface area contributed by atoms with Gasteiger partial charge in [0.05, 0.1) is 13.7 Å². The zero-order valence-electron chi connectivity index (χ0n) is 15.7. The van der Waals surface area contributed by atoms with E-state index in [9.17, 15) is 4.79 Å². The molecule has 5 nitrogen and oxygen atoms in total. The van der Waals surface area contributed by atoms with Crippen molar-refractivity contribution in [1.82, 2.24) is 4.98 Å². The summed E-state index contributed by atoms with van der Waals surface area (Å²) >= 11 is 0. The molecule has 0 aliphatic heterocycles. The Morgan fingerprint density at radius 3 is 2.41 bits per heavy atom. The lowest BCUT2D eigenvalue weighted by Gasteiger charge is -2.24. The number of hydrogen-bond donors (Lipinski definition) is 0. The number of aryl methyl sites for hydroxylation is 1. The molecule has 138 valence electrons. The van der Waals surface area contributed by atoms with E-state index >= 15 is 0 Å². The van der Waals surface area contributed by atoms with E-state index in [1.807, 2.05) is 73.7 Å². The quantitative estimate of drug-likeness (QED) is 0.635. The summed E-state index contributed by atoms with van der Waals surface area (Å²) in [6.45, 7) is 3.77. The zero-order valence-corrected chi connectivity index (χ0v) is 15.7. The summed E-state index contributed by atoms with van der Waals surface area (Å²) in [6.07, 6.45) is 0. The number of carbonyl (C=O) groups is 1. The molecule has 3 rings (SSSR count). The molecule has 0 fully saturated rings. The van der Waals surface area contributed by atoms with Crippen molar-refractivity contribution >= 4 is 11.6 Å². The van der Waals surface area contributed by atoms with Crippen molar-refractivity contribution in [2.24, 2.45) is 0 Å². The first-order valence-electron chi connectivity index (χ1n) is 8.69. The van der Waals surface area contributed by atoms with Gasteiger partial charge in [0.15, 0.2) is 0 Å². The molecule has 2 aromatic carbocycles. The number of ether oxygens (including phenoxy) is 2. The Labute approximate surface area is 159 Å². The second kappa shape index (κ2) is 8.36. The van der Waals surface area contributed by atoms with Gasteiger partial charge in [0.25, 0.3) is 0 Å². The van der Waals surface area contributed by atoms with Crippen molar-refractivity contribution in [1.29, 1.82) is 0 Å². The maximum Gasteiger partial charge on any atom is 0.243 e. The van der Waals surface area contributed by atoms with Crippen LogP contribution in [0.15, 0.2) is 66.7 Å². The number of benzene rings is 2. The minimum atomic E-state index is -0.107. The normalized spacial score (nSPS) is 10.3. The van der Waals surface area contributed by atoms with Crippen LogP contribution >= 0.6 is 0 Å². The van der Waals surface area contributed by atoms with Crippen LogP contribution in [-0.4, -0.2) is 18.0 Å². The molecule has 0 saturated carbocycles. The Hall–Kier alpha value is -3.34. The van der Waals surface area contributed by atoms with Crippen LogP contribution in [-0.2, 0) is 11.3 Å². The fourth-order valence-electron chi connectivity index (χ4n) is 2.78. The van der Waals surface area contributed by atoms with Crippen molar-refractivity contribution in [3.05, 3.63) is 78.0 Å². The van der Waals surface area contributed by atoms with E-state index in [1.54, 1.807) is 12.0 Å². The van der Waals surface area contributed by atoms with E-state index in [1.165, 1.54) is 6.92 Å². The maximum atomic E-state index is 12.4. The van der Waals surface area contributed by atoms with Gasteiger partial charge in [-0.25, -0.2) is 4.98 Å². The molecule has 27 heavy (non-hydrogen) atoms. The summed E-state index contributed by atoms with van der Waals surface area (Å²) in [7, 11) is 1.62. The summed E-state index contributed by atoms with van der Waals surface area (Å²) < 4.78 is 11.4. The fourth-order valence-corrected chi connectivity index (χ4v) is 2.78. The average Bonchev–Trinajstić information content (AvgIpc) is 2.67. The predicted octanol–water partition coefficient (Wildman–Crippen LogP) is 4.74. The molecule has 0 aliphatic rings. The van der Waals surface area contributed by atoms with Crippen LogP contribution in [0.25, 0.3) is 0 Å². The Morgan fingerprint density at radius 2 is 1.70 bits per heavy atom. The number of nitrogens with zero attached hydrogens (tertiary/aromatic N) is 2. The van der Waals surface area contributed by atoms with Gasteiger partial charge in [-0.15, -0.1) is 0 Å². The lowest BCUT2D eigenvalue weighted by atomic mass is 10.1. The Kier molecular flexibility index (Phi) is 5.71. The number of pyridine rings is 1. The molecule has 0 bridgehead atoms. The number of aromatic nitrogens is 1. The first-order valence-corrected chi connectivity index (χ1v) is 8.69. The van der Waals surface area contributed by atoms with Crippen molar-refractivity contribution in [3.63, 3.8) is 0 Å². The highest BCUT2D eigenvalue weighted by Gasteiger charge is 2.20. The largest absolute Gasteiger partial charge is 0.496 e. The number of para-hydroxylation sites is 2. The van der Waals surface area contributed by atoms with Gasteiger partial charge in [0.2, 0.25) is 11.8 Å². The fraction of sp³-hybridized carbons (Fsp3) is 0.182. The maximum absolute atomic E-state index is 12.4. The van der Waals surface area contributed by atoms with Crippen LogP contribution in [0.4, 0.5) is 5.69 Å². The van der Waals surface area contributed by atoms with Crippen molar-refractivity contribution in [2.75, 3.05) is 12.0 Å². The van der Waals surface area contributed by atoms with Crippen LogP contribution in [0, 0.1) is 6.92 Å². The predicted molar refractivity (Wildman–Crippen MR) is 105 cm³/mol. The second-order valence-electron chi connectivity index (χ2n) is 6.11. The minimum absolute atomic E-state index is 0.107. The first kappa shape index (κ1) is 18.5. The number of amides is 1. The molecular weight excluding hydrogens is 340 g/mol. The van der Waals surface area contributed by atoms with E-state index in [-0.39, 0.29) is 5.91 Å². The number of anilines is 1. The molecule has 0 unspecified atom stereocenters. The van der Waals surface area contributed by atoms with Crippen LogP contribution in [0.1, 0.15) is 18.2 Å². The van der Waals surface area contributed by atoms with Gasteiger partial charge in [0.1, 0.15) is 17.2 Å². The summed E-state index contributed by atoms with van der Waals surface area (Å²) in [5, 5.41) is 0. The zero-order chi connectivity index (χ0) is 19.2.